The summed E-state index contributed by atoms with van der Waals surface area (Å²) in [6, 6.07) is 2.94. The van der Waals surface area contributed by atoms with E-state index < -0.39 is 0 Å². The SMILES string of the molecule is N#CCN1CCC[C@@H]1CN1CCCCC1. The minimum absolute atomic E-state index is 0.624. The predicted octanol–water partition coefficient (Wildman–Crippen LogP) is 1.46. The lowest BCUT2D eigenvalue weighted by molar-refractivity contribution is 0.162. The molecule has 0 N–H and O–H groups in total. The van der Waals surface area contributed by atoms with Gasteiger partial charge in [0, 0.05) is 12.6 Å². The highest BCUT2D eigenvalue weighted by Crippen LogP contribution is 2.19. The normalized spacial score (nSPS) is 29.1. The third-order valence-electron chi connectivity index (χ3n) is 3.69. The molecule has 15 heavy (non-hydrogen) atoms. The first-order valence-electron chi connectivity index (χ1n) is 6.23. The van der Waals surface area contributed by atoms with E-state index in [4.69, 9.17) is 5.26 Å². The van der Waals surface area contributed by atoms with Crippen LogP contribution >= 0.6 is 0 Å². The molecule has 0 spiro atoms. The molecular weight excluding hydrogens is 186 g/mol. The first-order chi connectivity index (χ1) is 7.40. The van der Waals surface area contributed by atoms with E-state index in [2.05, 4.69) is 15.9 Å². The number of hydrogen-bond donors (Lipinski definition) is 0. The van der Waals surface area contributed by atoms with Crippen molar-refractivity contribution in [2.24, 2.45) is 0 Å². The molecule has 2 fully saturated rings. The van der Waals surface area contributed by atoms with Crippen molar-refractivity contribution in [3.63, 3.8) is 0 Å². The highest BCUT2D eigenvalue weighted by Gasteiger charge is 2.26. The summed E-state index contributed by atoms with van der Waals surface area (Å²) >= 11 is 0. The van der Waals surface area contributed by atoms with E-state index in [1.165, 1.54) is 51.7 Å². The summed E-state index contributed by atoms with van der Waals surface area (Å²) in [7, 11) is 0. The lowest BCUT2D eigenvalue weighted by Gasteiger charge is -2.32. The quantitative estimate of drug-likeness (QED) is 0.656. The molecule has 0 aromatic heterocycles. The van der Waals surface area contributed by atoms with E-state index in [-0.39, 0.29) is 0 Å². The van der Waals surface area contributed by atoms with Gasteiger partial charge >= 0.3 is 0 Å². The zero-order chi connectivity index (χ0) is 10.5. The minimum Gasteiger partial charge on any atom is -0.302 e. The van der Waals surface area contributed by atoms with Crippen molar-refractivity contribution >= 4 is 0 Å². The van der Waals surface area contributed by atoms with Crippen LogP contribution in [0, 0.1) is 11.3 Å². The molecule has 0 unspecified atom stereocenters. The van der Waals surface area contributed by atoms with Gasteiger partial charge in [-0.05, 0) is 45.3 Å². The molecule has 2 aliphatic heterocycles. The third kappa shape index (κ3) is 2.93. The Morgan fingerprint density at radius 2 is 1.87 bits per heavy atom. The van der Waals surface area contributed by atoms with Crippen LogP contribution in [-0.2, 0) is 0 Å². The molecule has 2 heterocycles. The van der Waals surface area contributed by atoms with Crippen LogP contribution in [0.15, 0.2) is 0 Å². The van der Waals surface area contributed by atoms with Gasteiger partial charge in [-0.15, -0.1) is 0 Å². The Hall–Kier alpha value is -0.590. The maximum Gasteiger partial charge on any atom is 0.0868 e. The van der Waals surface area contributed by atoms with Crippen molar-refractivity contribution in [1.82, 2.24) is 9.80 Å². The summed E-state index contributed by atoms with van der Waals surface area (Å²) in [6.45, 7) is 5.50. The first-order valence-corrected chi connectivity index (χ1v) is 6.23. The number of nitriles is 1. The molecule has 2 aliphatic rings. The van der Waals surface area contributed by atoms with Crippen LogP contribution in [0.2, 0.25) is 0 Å². The number of likely N-dealkylation sites (tertiary alicyclic amines) is 2. The summed E-state index contributed by atoms with van der Waals surface area (Å²) in [5.41, 5.74) is 0. The van der Waals surface area contributed by atoms with Crippen LogP contribution in [-0.4, -0.2) is 48.6 Å². The molecule has 2 rings (SSSR count). The monoisotopic (exact) mass is 207 g/mol. The van der Waals surface area contributed by atoms with Gasteiger partial charge < -0.3 is 4.90 Å². The molecule has 0 radical (unpaired) electrons. The Kier molecular flexibility index (Phi) is 3.99. The van der Waals surface area contributed by atoms with Gasteiger partial charge in [0.2, 0.25) is 0 Å². The molecule has 0 aliphatic carbocycles. The molecule has 2 saturated heterocycles. The predicted molar refractivity (Wildman–Crippen MR) is 60.5 cm³/mol. The Balaban J connectivity index is 1.79. The summed E-state index contributed by atoms with van der Waals surface area (Å²) in [5.74, 6) is 0. The average molecular weight is 207 g/mol. The molecule has 0 saturated carbocycles. The lowest BCUT2D eigenvalue weighted by atomic mass is 10.1. The molecule has 3 nitrogen and oxygen atoms in total. The van der Waals surface area contributed by atoms with Crippen molar-refractivity contribution < 1.29 is 0 Å². The third-order valence-corrected chi connectivity index (χ3v) is 3.69. The van der Waals surface area contributed by atoms with E-state index in [9.17, 15) is 0 Å². The molecule has 84 valence electrons. The van der Waals surface area contributed by atoms with E-state index in [1.54, 1.807) is 0 Å². The highest BCUT2D eigenvalue weighted by molar-refractivity contribution is 4.88. The number of nitrogens with zero attached hydrogens (tertiary/aromatic N) is 3. The van der Waals surface area contributed by atoms with Crippen LogP contribution in [0.25, 0.3) is 0 Å². The molecule has 3 heteroatoms. The fourth-order valence-corrected chi connectivity index (χ4v) is 2.84. The number of piperidine rings is 1. The van der Waals surface area contributed by atoms with Gasteiger partial charge in [0.25, 0.3) is 0 Å². The second-order valence-electron chi connectivity index (χ2n) is 4.79. The molecule has 0 aromatic carbocycles. The standard InChI is InChI=1S/C12H21N3/c13-6-10-15-9-4-5-12(15)11-14-7-2-1-3-8-14/h12H,1-5,7-11H2/t12-/m1/s1. The van der Waals surface area contributed by atoms with Crippen LogP contribution in [0.3, 0.4) is 0 Å². The Bertz CT molecular complexity index is 228. The van der Waals surface area contributed by atoms with Gasteiger partial charge in [0.15, 0.2) is 0 Å². The van der Waals surface area contributed by atoms with Gasteiger partial charge in [-0.2, -0.15) is 5.26 Å². The van der Waals surface area contributed by atoms with Crippen molar-refractivity contribution in [1.29, 1.82) is 5.26 Å². The Labute approximate surface area is 92.7 Å². The fourth-order valence-electron chi connectivity index (χ4n) is 2.84. The summed E-state index contributed by atoms with van der Waals surface area (Å²) in [6.07, 6.45) is 6.71. The minimum atomic E-state index is 0.624. The molecule has 1 atom stereocenters. The summed E-state index contributed by atoms with van der Waals surface area (Å²) in [4.78, 5) is 4.94. The second kappa shape index (κ2) is 5.48. The largest absolute Gasteiger partial charge is 0.302 e. The summed E-state index contributed by atoms with van der Waals surface area (Å²) < 4.78 is 0. The van der Waals surface area contributed by atoms with Gasteiger partial charge in [0.1, 0.15) is 0 Å². The molecule has 0 bridgehead atoms. The smallest absolute Gasteiger partial charge is 0.0868 e. The van der Waals surface area contributed by atoms with Crippen LogP contribution in [0.5, 0.6) is 0 Å². The zero-order valence-electron chi connectivity index (χ0n) is 9.49. The molecular formula is C12H21N3. The van der Waals surface area contributed by atoms with Crippen molar-refractivity contribution in [2.75, 3.05) is 32.7 Å². The van der Waals surface area contributed by atoms with Crippen molar-refractivity contribution in [3.8, 4) is 6.07 Å². The number of rotatable bonds is 3. The van der Waals surface area contributed by atoms with Crippen LogP contribution < -0.4 is 0 Å². The Morgan fingerprint density at radius 3 is 2.60 bits per heavy atom. The fraction of sp³-hybridized carbons (Fsp3) is 0.917. The van der Waals surface area contributed by atoms with E-state index >= 15 is 0 Å². The van der Waals surface area contributed by atoms with Gasteiger partial charge in [-0.1, -0.05) is 6.42 Å². The van der Waals surface area contributed by atoms with Crippen molar-refractivity contribution in [3.05, 3.63) is 0 Å². The van der Waals surface area contributed by atoms with E-state index in [0.717, 1.165) is 6.54 Å². The highest BCUT2D eigenvalue weighted by atomic mass is 15.2. The molecule has 0 aromatic rings. The van der Waals surface area contributed by atoms with Crippen molar-refractivity contribution in [2.45, 2.75) is 38.1 Å². The second-order valence-corrected chi connectivity index (χ2v) is 4.79. The average Bonchev–Trinajstić information content (AvgIpc) is 2.68. The maximum atomic E-state index is 8.75. The Morgan fingerprint density at radius 1 is 1.07 bits per heavy atom. The lowest BCUT2D eigenvalue weighted by Crippen LogP contribution is -2.42. The topological polar surface area (TPSA) is 30.3 Å². The maximum absolute atomic E-state index is 8.75. The van der Waals surface area contributed by atoms with Gasteiger partial charge in [-0.3, -0.25) is 4.90 Å². The zero-order valence-corrected chi connectivity index (χ0v) is 9.49. The van der Waals surface area contributed by atoms with E-state index in [0.29, 0.717) is 12.6 Å². The van der Waals surface area contributed by atoms with Gasteiger partial charge in [-0.25, -0.2) is 0 Å². The van der Waals surface area contributed by atoms with Crippen LogP contribution in [0.1, 0.15) is 32.1 Å². The van der Waals surface area contributed by atoms with Gasteiger partial charge in [0.05, 0.1) is 12.6 Å². The summed E-state index contributed by atoms with van der Waals surface area (Å²) in [5, 5.41) is 8.75. The number of hydrogen-bond acceptors (Lipinski definition) is 3. The molecule has 0 amide bonds. The van der Waals surface area contributed by atoms with E-state index in [1.807, 2.05) is 0 Å². The first kappa shape index (κ1) is 10.9. The van der Waals surface area contributed by atoms with Crippen LogP contribution in [0.4, 0.5) is 0 Å².